The number of anilines is 1. The van der Waals surface area contributed by atoms with E-state index < -0.39 is 20.2 Å². The van der Waals surface area contributed by atoms with Gasteiger partial charge >= 0.3 is 5.51 Å². The van der Waals surface area contributed by atoms with Crippen molar-refractivity contribution in [3.8, 4) is 0 Å². The molecule has 112 valence electrons. The summed E-state index contributed by atoms with van der Waals surface area (Å²) in [6, 6.07) is 5.04. The van der Waals surface area contributed by atoms with Crippen LogP contribution in [-0.2, 0) is 9.84 Å². The minimum atomic E-state index is -5.34. The Kier molecular flexibility index (Phi) is 4.20. The first-order valence-corrected chi connectivity index (χ1v) is 7.92. The second-order valence-electron chi connectivity index (χ2n) is 4.76. The third-order valence-electron chi connectivity index (χ3n) is 3.24. The molecule has 3 nitrogen and oxygen atoms in total. The fourth-order valence-electron chi connectivity index (χ4n) is 2.05. The molecule has 1 saturated carbocycles. The molecule has 1 aromatic carbocycles. The predicted octanol–water partition coefficient (Wildman–Crippen LogP) is 3.41. The Balaban J connectivity index is 2.18. The van der Waals surface area contributed by atoms with Crippen molar-refractivity contribution < 1.29 is 21.6 Å². The molecular formula is C12H13ClF3NO2S. The highest BCUT2D eigenvalue weighted by Gasteiger charge is 2.47. The summed E-state index contributed by atoms with van der Waals surface area (Å²) in [5.74, 6) is 0.263. The van der Waals surface area contributed by atoms with Crippen molar-refractivity contribution in [1.82, 2.24) is 0 Å². The topological polar surface area (TPSA) is 46.2 Å². The van der Waals surface area contributed by atoms with Gasteiger partial charge in [-0.05, 0) is 30.9 Å². The third-order valence-corrected chi connectivity index (χ3v) is 5.14. The third kappa shape index (κ3) is 3.03. The number of para-hydroxylation sites is 1. The molecule has 1 N–H and O–H groups in total. The van der Waals surface area contributed by atoms with Crippen molar-refractivity contribution in [2.45, 2.75) is 28.6 Å². The first kappa shape index (κ1) is 15.4. The Morgan fingerprint density at radius 1 is 1.25 bits per heavy atom. The van der Waals surface area contributed by atoms with E-state index in [4.69, 9.17) is 11.6 Å². The van der Waals surface area contributed by atoms with Gasteiger partial charge in [-0.2, -0.15) is 13.2 Å². The molecular weight excluding hydrogens is 315 g/mol. The highest BCUT2D eigenvalue weighted by molar-refractivity contribution is 7.92. The lowest BCUT2D eigenvalue weighted by Gasteiger charge is -2.31. The summed E-state index contributed by atoms with van der Waals surface area (Å²) in [7, 11) is -5.34. The molecule has 20 heavy (non-hydrogen) atoms. The fraction of sp³-hybridized carbons (Fsp3) is 0.500. The maximum atomic E-state index is 12.6. The van der Waals surface area contributed by atoms with Crippen LogP contribution in [0.15, 0.2) is 29.2 Å². The molecule has 0 heterocycles. The molecule has 0 aromatic heterocycles. The van der Waals surface area contributed by atoms with Crippen LogP contribution < -0.4 is 5.32 Å². The molecule has 0 radical (unpaired) electrons. The molecule has 8 heteroatoms. The molecule has 0 atom stereocenters. The largest absolute Gasteiger partial charge is 0.501 e. The van der Waals surface area contributed by atoms with E-state index in [0.717, 1.165) is 18.9 Å². The number of sulfone groups is 1. The molecule has 0 bridgehead atoms. The zero-order valence-electron chi connectivity index (χ0n) is 10.3. The minimum Gasteiger partial charge on any atom is -0.384 e. The lowest BCUT2D eigenvalue weighted by atomic mass is 9.85. The summed E-state index contributed by atoms with van der Waals surface area (Å²) in [4.78, 5) is -0.741. The van der Waals surface area contributed by atoms with Crippen LogP contribution in [0.2, 0.25) is 0 Å². The van der Waals surface area contributed by atoms with Gasteiger partial charge < -0.3 is 5.32 Å². The van der Waals surface area contributed by atoms with Crippen molar-refractivity contribution >= 4 is 27.1 Å². The van der Waals surface area contributed by atoms with Crippen molar-refractivity contribution in [2.24, 2.45) is 5.92 Å². The number of alkyl halides is 4. The maximum absolute atomic E-state index is 12.6. The Morgan fingerprint density at radius 3 is 2.40 bits per heavy atom. The van der Waals surface area contributed by atoms with Crippen molar-refractivity contribution in [3.05, 3.63) is 24.3 Å². The van der Waals surface area contributed by atoms with E-state index in [1.165, 1.54) is 18.2 Å². The Bertz CT molecular complexity index is 583. The normalized spacial score (nSPS) is 23.2. The van der Waals surface area contributed by atoms with Gasteiger partial charge in [-0.3, -0.25) is 0 Å². The molecule has 1 fully saturated rings. The first-order chi connectivity index (χ1) is 9.22. The number of rotatable bonds is 4. The van der Waals surface area contributed by atoms with Crippen LogP contribution in [0.5, 0.6) is 0 Å². The highest BCUT2D eigenvalue weighted by Crippen LogP contribution is 2.36. The number of nitrogens with one attached hydrogen (secondary N) is 1. The fourth-order valence-corrected chi connectivity index (χ4v) is 3.49. The van der Waals surface area contributed by atoms with Crippen molar-refractivity contribution in [1.29, 1.82) is 0 Å². The number of halogens is 4. The molecule has 0 unspecified atom stereocenters. The van der Waals surface area contributed by atoms with Gasteiger partial charge in [0.2, 0.25) is 0 Å². The number of benzene rings is 1. The summed E-state index contributed by atoms with van der Waals surface area (Å²) < 4.78 is 60.7. The van der Waals surface area contributed by atoms with Crippen LogP contribution in [0.4, 0.5) is 18.9 Å². The maximum Gasteiger partial charge on any atom is 0.501 e. The monoisotopic (exact) mass is 327 g/mol. The number of hydrogen-bond acceptors (Lipinski definition) is 3. The summed E-state index contributed by atoms with van der Waals surface area (Å²) in [5, 5.41) is 2.88. The van der Waals surface area contributed by atoms with Gasteiger partial charge in [-0.15, -0.1) is 11.6 Å². The first-order valence-electron chi connectivity index (χ1n) is 6.00. The van der Waals surface area contributed by atoms with Gasteiger partial charge in [0.05, 0.1) is 10.6 Å². The zero-order valence-corrected chi connectivity index (χ0v) is 11.9. The highest BCUT2D eigenvalue weighted by atomic mass is 35.5. The summed E-state index contributed by atoms with van der Waals surface area (Å²) in [6.45, 7) is 0.410. The average molecular weight is 328 g/mol. The summed E-state index contributed by atoms with van der Waals surface area (Å²) in [6.07, 6.45) is 1.56. The van der Waals surface area contributed by atoms with Crippen LogP contribution in [-0.4, -0.2) is 25.8 Å². The molecule has 0 aliphatic heterocycles. The second kappa shape index (κ2) is 5.44. The lowest BCUT2D eigenvalue weighted by Crippen LogP contribution is -2.30. The van der Waals surface area contributed by atoms with Gasteiger partial charge in [0.25, 0.3) is 9.84 Å². The van der Waals surface area contributed by atoms with E-state index in [1.807, 2.05) is 0 Å². The zero-order chi connectivity index (χ0) is 15.0. The van der Waals surface area contributed by atoms with Crippen LogP contribution in [0.3, 0.4) is 0 Å². The van der Waals surface area contributed by atoms with E-state index in [1.54, 1.807) is 0 Å². The standard InChI is InChI=1S/C12H13ClF3NO2S/c13-9-5-8(6-9)7-17-10-3-1-2-4-11(10)20(18,19)12(14,15)16/h1-4,8-9,17H,5-7H2. The number of hydrogen-bond donors (Lipinski definition) is 1. The van der Waals surface area contributed by atoms with Crippen molar-refractivity contribution in [3.63, 3.8) is 0 Å². The van der Waals surface area contributed by atoms with Crippen LogP contribution >= 0.6 is 11.6 Å². The van der Waals surface area contributed by atoms with Crippen LogP contribution in [0.25, 0.3) is 0 Å². The van der Waals surface area contributed by atoms with Gasteiger partial charge in [-0.25, -0.2) is 8.42 Å². The quantitative estimate of drug-likeness (QED) is 0.862. The minimum absolute atomic E-state index is 0.0251. The van der Waals surface area contributed by atoms with E-state index in [2.05, 4.69) is 5.32 Å². The molecule has 1 aliphatic rings. The Labute approximate surface area is 120 Å². The van der Waals surface area contributed by atoms with E-state index >= 15 is 0 Å². The SMILES string of the molecule is O=S(=O)(c1ccccc1NCC1CC(Cl)C1)C(F)(F)F. The van der Waals surface area contributed by atoms with Gasteiger partial charge in [0.15, 0.2) is 0 Å². The second-order valence-corrected chi connectivity index (χ2v) is 7.29. The van der Waals surface area contributed by atoms with Gasteiger partial charge in [0.1, 0.15) is 0 Å². The summed E-state index contributed by atoms with van der Waals surface area (Å²) >= 11 is 5.82. The smallest absolute Gasteiger partial charge is 0.384 e. The molecule has 0 saturated heterocycles. The molecule has 1 aromatic rings. The van der Waals surface area contributed by atoms with E-state index in [-0.39, 0.29) is 17.0 Å². The van der Waals surface area contributed by atoms with Crippen LogP contribution in [0.1, 0.15) is 12.8 Å². The van der Waals surface area contributed by atoms with E-state index in [0.29, 0.717) is 6.54 Å². The van der Waals surface area contributed by atoms with Gasteiger partial charge in [-0.1, -0.05) is 12.1 Å². The molecule has 0 amide bonds. The van der Waals surface area contributed by atoms with Crippen molar-refractivity contribution in [2.75, 3.05) is 11.9 Å². The van der Waals surface area contributed by atoms with Crippen LogP contribution in [0, 0.1) is 5.92 Å². The Morgan fingerprint density at radius 2 is 1.85 bits per heavy atom. The molecule has 0 spiro atoms. The molecule has 1 aliphatic carbocycles. The lowest BCUT2D eigenvalue weighted by molar-refractivity contribution is -0.0435. The van der Waals surface area contributed by atoms with E-state index in [9.17, 15) is 21.6 Å². The average Bonchev–Trinajstić information content (AvgIpc) is 2.32. The Hall–Kier alpha value is -0.950. The summed E-state index contributed by atoms with van der Waals surface area (Å²) in [5.41, 5.74) is -5.33. The van der Waals surface area contributed by atoms with Gasteiger partial charge in [0, 0.05) is 11.9 Å². The predicted molar refractivity (Wildman–Crippen MR) is 70.5 cm³/mol. The molecule has 2 rings (SSSR count).